The fraction of sp³-hybridized carbons (Fsp3) is 1.00. The predicted octanol–water partition coefficient (Wildman–Crippen LogP) is -2.92. The number of rotatable bonds is 3. The molecule has 0 aliphatic carbocycles. The molecule has 7 heteroatoms. The van der Waals surface area contributed by atoms with Crippen molar-refractivity contribution < 1.29 is 52.0 Å². The average Bonchev–Trinajstić information content (AvgIpc) is 2.24. The van der Waals surface area contributed by atoms with Crippen molar-refractivity contribution in [2.24, 2.45) is 0 Å². The van der Waals surface area contributed by atoms with E-state index in [2.05, 4.69) is 0 Å². The summed E-state index contributed by atoms with van der Waals surface area (Å²) in [5, 5.41) is 0. The van der Waals surface area contributed by atoms with Crippen molar-refractivity contribution in [1.29, 1.82) is 0 Å². The quantitative estimate of drug-likeness (QED) is 0.385. The van der Waals surface area contributed by atoms with Crippen molar-refractivity contribution in [3.8, 4) is 0 Å². The molecule has 0 aromatic heterocycles. The van der Waals surface area contributed by atoms with E-state index in [9.17, 15) is 13.0 Å². The van der Waals surface area contributed by atoms with Gasteiger partial charge in [-0.15, -0.1) is 0 Å². The molecule has 5 nitrogen and oxygen atoms in total. The summed E-state index contributed by atoms with van der Waals surface area (Å²) in [5.74, 6) is -1.05. The molecule has 0 aromatic carbocycles. The molecule has 78 valence electrons. The summed E-state index contributed by atoms with van der Waals surface area (Å²) < 4.78 is 41.4. The SMILES string of the molecule is CC1(C)OC[C@@H](CCS(=O)(=O)[O-])O1.[Na+]. The molecular weight excluding hydrogens is 219 g/mol. The molecule has 0 bridgehead atoms. The summed E-state index contributed by atoms with van der Waals surface area (Å²) >= 11 is 0. The van der Waals surface area contributed by atoms with E-state index < -0.39 is 21.7 Å². The monoisotopic (exact) mass is 232 g/mol. The van der Waals surface area contributed by atoms with Crippen LogP contribution in [0, 0.1) is 0 Å². The van der Waals surface area contributed by atoms with Crippen LogP contribution in [-0.2, 0) is 19.6 Å². The Morgan fingerprint density at radius 2 is 2.07 bits per heavy atom. The summed E-state index contributed by atoms with van der Waals surface area (Å²) in [7, 11) is -4.13. The summed E-state index contributed by atoms with van der Waals surface area (Å²) in [5.41, 5.74) is 0. The molecule has 0 amide bonds. The maximum Gasteiger partial charge on any atom is 1.00 e. The maximum absolute atomic E-state index is 10.3. The molecule has 1 saturated heterocycles. The van der Waals surface area contributed by atoms with Crippen LogP contribution in [0.1, 0.15) is 20.3 Å². The molecule has 1 aliphatic rings. The Morgan fingerprint density at radius 1 is 1.50 bits per heavy atom. The molecule has 0 spiro atoms. The van der Waals surface area contributed by atoms with Crippen LogP contribution in [0.3, 0.4) is 0 Å². The molecule has 0 N–H and O–H groups in total. The molecule has 0 aromatic rings. The van der Waals surface area contributed by atoms with Gasteiger partial charge in [0.1, 0.15) is 0 Å². The number of hydrogen-bond donors (Lipinski definition) is 0. The van der Waals surface area contributed by atoms with E-state index in [0.29, 0.717) is 6.61 Å². The van der Waals surface area contributed by atoms with Crippen LogP contribution in [0.25, 0.3) is 0 Å². The fourth-order valence-corrected chi connectivity index (χ4v) is 1.73. The third-order valence-corrected chi connectivity index (χ3v) is 2.49. The number of hydrogen-bond acceptors (Lipinski definition) is 5. The molecule has 1 atom stereocenters. The Hall–Kier alpha value is 0.830. The van der Waals surface area contributed by atoms with Gasteiger partial charge in [-0.05, 0) is 20.3 Å². The molecule has 1 aliphatic heterocycles. The van der Waals surface area contributed by atoms with E-state index in [1.807, 2.05) is 0 Å². The first kappa shape index (κ1) is 14.8. The van der Waals surface area contributed by atoms with E-state index in [1.54, 1.807) is 13.8 Å². The summed E-state index contributed by atoms with van der Waals surface area (Å²) in [4.78, 5) is 0. The predicted molar refractivity (Wildman–Crippen MR) is 44.1 cm³/mol. The third kappa shape index (κ3) is 5.65. The van der Waals surface area contributed by atoms with Crippen LogP contribution in [0.2, 0.25) is 0 Å². The Labute approximate surface area is 106 Å². The summed E-state index contributed by atoms with van der Waals surface area (Å²) in [6.07, 6.45) is -0.0753. The van der Waals surface area contributed by atoms with E-state index in [1.165, 1.54) is 0 Å². The largest absolute Gasteiger partial charge is 1.00 e. The molecule has 1 rings (SSSR count). The molecule has 0 saturated carbocycles. The van der Waals surface area contributed by atoms with Gasteiger partial charge in [-0.1, -0.05) is 0 Å². The Kier molecular flexibility index (Phi) is 5.56. The summed E-state index contributed by atoms with van der Waals surface area (Å²) in [6.45, 7) is 3.85. The first-order valence-corrected chi connectivity index (χ1v) is 5.62. The van der Waals surface area contributed by atoms with Crippen molar-refractivity contribution in [3.05, 3.63) is 0 Å². The van der Waals surface area contributed by atoms with Gasteiger partial charge in [0.2, 0.25) is 0 Å². The minimum absolute atomic E-state index is 0. The summed E-state index contributed by atoms with van der Waals surface area (Å²) in [6, 6.07) is 0. The zero-order chi connectivity index (χ0) is 10.1. The number of ether oxygens (including phenoxy) is 2. The van der Waals surface area contributed by atoms with Crippen molar-refractivity contribution in [3.63, 3.8) is 0 Å². The molecule has 1 heterocycles. The second kappa shape index (κ2) is 5.25. The van der Waals surface area contributed by atoms with Gasteiger partial charge >= 0.3 is 29.6 Å². The zero-order valence-corrected chi connectivity index (χ0v) is 11.5. The normalized spacial score (nSPS) is 25.8. The van der Waals surface area contributed by atoms with Crippen LogP contribution in [0.15, 0.2) is 0 Å². The van der Waals surface area contributed by atoms with Crippen LogP contribution in [0.4, 0.5) is 0 Å². The van der Waals surface area contributed by atoms with Crippen molar-refractivity contribution >= 4 is 10.1 Å². The van der Waals surface area contributed by atoms with E-state index >= 15 is 0 Å². The second-order valence-electron chi connectivity index (χ2n) is 3.50. The molecule has 0 radical (unpaired) electrons. The first-order valence-electron chi connectivity index (χ1n) is 4.04. The average molecular weight is 232 g/mol. The van der Waals surface area contributed by atoms with Gasteiger partial charge in [-0.25, -0.2) is 8.42 Å². The van der Waals surface area contributed by atoms with Gasteiger partial charge in [-0.2, -0.15) is 0 Å². The van der Waals surface area contributed by atoms with Crippen molar-refractivity contribution in [1.82, 2.24) is 0 Å². The molecule has 1 fully saturated rings. The minimum atomic E-state index is -4.13. The standard InChI is InChI=1S/C7H14O5S.Na/c1-7(2)11-5-6(12-7)3-4-13(8,9)10;/h6H,3-5H2,1-2H3,(H,8,9,10);/q;+1/p-1/t6-;/m1./s1. The Morgan fingerprint density at radius 3 is 2.43 bits per heavy atom. The van der Waals surface area contributed by atoms with E-state index in [0.717, 1.165) is 0 Å². The van der Waals surface area contributed by atoms with Crippen molar-refractivity contribution in [2.45, 2.75) is 32.2 Å². The fourth-order valence-electron chi connectivity index (χ4n) is 1.18. The van der Waals surface area contributed by atoms with Crippen LogP contribution in [0.5, 0.6) is 0 Å². The van der Waals surface area contributed by atoms with Gasteiger partial charge in [-0.3, -0.25) is 0 Å². The first-order chi connectivity index (χ1) is 5.79. The second-order valence-corrected chi connectivity index (χ2v) is 5.02. The van der Waals surface area contributed by atoms with Crippen LogP contribution in [-0.4, -0.2) is 37.2 Å². The van der Waals surface area contributed by atoms with Gasteiger partial charge < -0.3 is 14.0 Å². The molecule has 14 heavy (non-hydrogen) atoms. The van der Waals surface area contributed by atoms with Gasteiger partial charge in [0.25, 0.3) is 0 Å². The maximum atomic E-state index is 10.3. The van der Waals surface area contributed by atoms with E-state index in [4.69, 9.17) is 9.47 Å². The zero-order valence-electron chi connectivity index (χ0n) is 8.65. The molecular formula is C7H13NaO5S. The minimum Gasteiger partial charge on any atom is -0.748 e. The van der Waals surface area contributed by atoms with Crippen LogP contribution < -0.4 is 29.6 Å². The van der Waals surface area contributed by atoms with Gasteiger partial charge in [0.15, 0.2) is 5.79 Å². The third-order valence-electron chi connectivity index (χ3n) is 1.76. The smallest absolute Gasteiger partial charge is 0.748 e. The van der Waals surface area contributed by atoms with Crippen molar-refractivity contribution in [2.75, 3.05) is 12.4 Å². The Balaban J connectivity index is 0.00000169. The van der Waals surface area contributed by atoms with Gasteiger partial charge in [0.05, 0.1) is 22.8 Å². The Bertz CT molecular complexity index is 274. The molecule has 0 unspecified atom stereocenters. The van der Waals surface area contributed by atoms with Gasteiger partial charge in [0, 0.05) is 5.75 Å². The topological polar surface area (TPSA) is 75.7 Å². The van der Waals surface area contributed by atoms with Crippen LogP contribution >= 0.6 is 0 Å². The van der Waals surface area contributed by atoms with E-state index in [-0.39, 0.29) is 42.1 Å².